The summed E-state index contributed by atoms with van der Waals surface area (Å²) in [6.45, 7) is 8.68. The van der Waals surface area contributed by atoms with E-state index in [0.717, 1.165) is 38.3 Å². The van der Waals surface area contributed by atoms with Gasteiger partial charge in [-0.1, -0.05) is 13.3 Å². The van der Waals surface area contributed by atoms with Crippen LogP contribution in [0.4, 0.5) is 4.79 Å². The quantitative estimate of drug-likeness (QED) is 0.643. The Balaban J connectivity index is 1.81. The molecule has 1 aromatic heterocycles. The van der Waals surface area contributed by atoms with Crippen LogP contribution in [-0.2, 0) is 4.74 Å². The minimum absolute atomic E-state index is 0.383. The summed E-state index contributed by atoms with van der Waals surface area (Å²) in [6, 6.07) is 3.92. The van der Waals surface area contributed by atoms with Gasteiger partial charge < -0.3 is 14.8 Å². The molecule has 2 aromatic rings. The molecule has 1 amide bonds. The first kappa shape index (κ1) is 19.0. The molecule has 0 saturated carbocycles. The number of hydrogen-bond acceptors (Lipinski definition) is 5. The van der Waals surface area contributed by atoms with Gasteiger partial charge in [-0.05, 0) is 60.8 Å². The molecule has 2 rings (SSSR count). The fraction of sp³-hybridized carbons (Fsp3) is 0.529. The van der Waals surface area contributed by atoms with Crippen molar-refractivity contribution in [2.45, 2.75) is 46.1 Å². The fourth-order valence-corrected chi connectivity index (χ4v) is 3.98. The number of fused-ring (bicyclic) bond motifs is 1. The van der Waals surface area contributed by atoms with Gasteiger partial charge >= 0.3 is 6.09 Å². The van der Waals surface area contributed by atoms with Crippen LogP contribution in [0.3, 0.4) is 0 Å². The Morgan fingerprint density at radius 3 is 2.88 bits per heavy atom. The molecule has 0 saturated heterocycles. The number of nitrogens with zero attached hydrogens (tertiary/aromatic N) is 1. The van der Waals surface area contributed by atoms with Crippen LogP contribution in [0.15, 0.2) is 16.0 Å². The summed E-state index contributed by atoms with van der Waals surface area (Å²) in [5.41, 5.74) is 1.61. The molecule has 0 aliphatic rings. The molecule has 0 spiro atoms. The van der Waals surface area contributed by atoms with Gasteiger partial charge in [-0.25, -0.2) is 9.78 Å². The highest BCUT2D eigenvalue weighted by Crippen LogP contribution is 2.31. The van der Waals surface area contributed by atoms with E-state index in [4.69, 9.17) is 9.47 Å². The molecule has 1 aromatic carbocycles. The first-order chi connectivity index (χ1) is 11.3. The molecule has 1 heterocycles. The number of ether oxygens (including phenoxy) is 2. The highest BCUT2D eigenvalue weighted by atomic mass is 79.9. The summed E-state index contributed by atoms with van der Waals surface area (Å²) >= 11 is 4.97. The smallest absolute Gasteiger partial charge is 0.407 e. The third-order valence-electron chi connectivity index (χ3n) is 3.49. The minimum atomic E-state index is -0.443. The van der Waals surface area contributed by atoms with E-state index in [1.165, 1.54) is 0 Å². The van der Waals surface area contributed by atoms with E-state index in [-0.39, 0.29) is 0 Å². The van der Waals surface area contributed by atoms with Crippen LogP contribution >= 0.6 is 27.3 Å². The number of carbonyl (C=O) groups is 1. The predicted molar refractivity (Wildman–Crippen MR) is 101 cm³/mol. The molecule has 5 nitrogen and oxygen atoms in total. The van der Waals surface area contributed by atoms with Crippen molar-refractivity contribution in [2.24, 2.45) is 0 Å². The van der Waals surface area contributed by atoms with E-state index in [0.29, 0.717) is 13.2 Å². The number of carbonyl (C=O) groups excluding carboxylic acids is 1. The summed E-state index contributed by atoms with van der Waals surface area (Å²) < 4.78 is 13.1. The van der Waals surface area contributed by atoms with Crippen molar-refractivity contribution < 1.29 is 14.3 Å². The third kappa shape index (κ3) is 5.34. The van der Waals surface area contributed by atoms with E-state index in [1.54, 1.807) is 11.3 Å². The Kier molecular flexibility index (Phi) is 6.46. The standard InChI is InChI=1S/C17H23BrN2O3S/c1-5-6-17(3,4)23-16(21)19-7-8-22-12-9-11(2)14-13(10-12)24-15(18)20-14/h9-10H,5-8H2,1-4H3,(H,19,21). The minimum Gasteiger partial charge on any atom is -0.492 e. The summed E-state index contributed by atoms with van der Waals surface area (Å²) in [4.78, 5) is 16.2. The molecule has 0 fully saturated rings. The van der Waals surface area contributed by atoms with E-state index in [2.05, 4.69) is 33.2 Å². The second kappa shape index (κ2) is 8.16. The number of alkyl carbamates (subject to hydrolysis) is 1. The molecule has 0 aliphatic heterocycles. The summed E-state index contributed by atoms with van der Waals surface area (Å²) in [7, 11) is 0. The number of rotatable bonds is 7. The first-order valence-electron chi connectivity index (χ1n) is 7.97. The van der Waals surface area contributed by atoms with Gasteiger partial charge in [-0.2, -0.15) is 0 Å². The van der Waals surface area contributed by atoms with Gasteiger partial charge in [-0.15, -0.1) is 11.3 Å². The lowest BCUT2D eigenvalue weighted by molar-refractivity contribution is 0.0318. The molecule has 132 valence electrons. The molecule has 0 atom stereocenters. The summed E-state index contributed by atoms with van der Waals surface area (Å²) in [5, 5.41) is 2.72. The van der Waals surface area contributed by atoms with Crippen LogP contribution in [-0.4, -0.2) is 29.8 Å². The average molecular weight is 415 g/mol. The number of halogens is 1. The van der Waals surface area contributed by atoms with Gasteiger partial charge in [-0.3, -0.25) is 0 Å². The lowest BCUT2D eigenvalue weighted by atomic mass is 10.0. The lowest BCUT2D eigenvalue weighted by Gasteiger charge is -2.24. The molecule has 0 radical (unpaired) electrons. The number of amides is 1. The Morgan fingerprint density at radius 1 is 1.42 bits per heavy atom. The average Bonchev–Trinajstić information content (AvgIpc) is 2.84. The lowest BCUT2D eigenvalue weighted by Crippen LogP contribution is -2.36. The largest absolute Gasteiger partial charge is 0.492 e. The van der Waals surface area contributed by atoms with Crippen molar-refractivity contribution in [2.75, 3.05) is 13.2 Å². The highest BCUT2D eigenvalue weighted by molar-refractivity contribution is 9.11. The molecule has 0 unspecified atom stereocenters. The van der Waals surface area contributed by atoms with Crippen molar-refractivity contribution in [3.8, 4) is 5.75 Å². The number of thiazole rings is 1. The number of benzene rings is 1. The maximum absolute atomic E-state index is 11.8. The fourth-order valence-electron chi connectivity index (χ4n) is 2.48. The van der Waals surface area contributed by atoms with Gasteiger partial charge in [0.05, 0.1) is 16.8 Å². The maximum Gasteiger partial charge on any atom is 0.407 e. The summed E-state index contributed by atoms with van der Waals surface area (Å²) in [6.07, 6.45) is 1.40. The molecular weight excluding hydrogens is 392 g/mol. The maximum atomic E-state index is 11.8. The van der Waals surface area contributed by atoms with Gasteiger partial charge in [0.25, 0.3) is 0 Å². The molecule has 24 heavy (non-hydrogen) atoms. The van der Waals surface area contributed by atoms with Gasteiger partial charge in [0.2, 0.25) is 0 Å². The monoisotopic (exact) mass is 414 g/mol. The second-order valence-electron chi connectivity index (χ2n) is 6.23. The van der Waals surface area contributed by atoms with Crippen LogP contribution < -0.4 is 10.1 Å². The van der Waals surface area contributed by atoms with E-state index < -0.39 is 11.7 Å². The molecule has 0 aliphatic carbocycles. The van der Waals surface area contributed by atoms with E-state index in [1.807, 2.05) is 32.9 Å². The Morgan fingerprint density at radius 2 is 2.17 bits per heavy atom. The number of hydrogen-bond donors (Lipinski definition) is 1. The van der Waals surface area contributed by atoms with Crippen molar-refractivity contribution in [1.29, 1.82) is 0 Å². The third-order valence-corrected chi connectivity index (χ3v) is 4.95. The molecule has 1 N–H and O–H groups in total. The zero-order valence-corrected chi connectivity index (χ0v) is 16.8. The SMILES string of the molecule is CCCC(C)(C)OC(=O)NCCOc1cc(C)c2nc(Br)sc2c1. The van der Waals surface area contributed by atoms with Crippen LogP contribution in [0.1, 0.15) is 39.2 Å². The van der Waals surface area contributed by atoms with Crippen LogP contribution in [0.2, 0.25) is 0 Å². The Hall–Kier alpha value is -1.34. The van der Waals surface area contributed by atoms with E-state index >= 15 is 0 Å². The van der Waals surface area contributed by atoms with Gasteiger partial charge in [0.15, 0.2) is 3.92 Å². The summed E-state index contributed by atoms with van der Waals surface area (Å²) in [5.74, 6) is 0.776. The zero-order chi connectivity index (χ0) is 17.7. The Labute approximate surface area is 154 Å². The van der Waals surface area contributed by atoms with Crippen molar-refractivity contribution >= 4 is 43.6 Å². The van der Waals surface area contributed by atoms with Crippen molar-refractivity contribution in [1.82, 2.24) is 10.3 Å². The van der Waals surface area contributed by atoms with Crippen molar-refractivity contribution in [3.63, 3.8) is 0 Å². The van der Waals surface area contributed by atoms with E-state index in [9.17, 15) is 4.79 Å². The first-order valence-corrected chi connectivity index (χ1v) is 9.58. The topological polar surface area (TPSA) is 60.5 Å². The molecular formula is C17H23BrN2O3S. The Bertz CT molecular complexity index is 715. The zero-order valence-electron chi connectivity index (χ0n) is 14.4. The van der Waals surface area contributed by atoms with Crippen molar-refractivity contribution in [3.05, 3.63) is 21.6 Å². The second-order valence-corrected chi connectivity index (χ2v) is 8.53. The van der Waals surface area contributed by atoms with Crippen LogP contribution in [0.25, 0.3) is 10.2 Å². The number of nitrogens with one attached hydrogen (secondary N) is 1. The van der Waals surface area contributed by atoms with Gasteiger partial charge in [0, 0.05) is 0 Å². The number of aromatic nitrogens is 1. The van der Waals surface area contributed by atoms with Crippen LogP contribution in [0.5, 0.6) is 5.75 Å². The number of aryl methyl sites for hydroxylation is 1. The highest BCUT2D eigenvalue weighted by Gasteiger charge is 2.21. The molecule has 0 bridgehead atoms. The predicted octanol–water partition coefficient (Wildman–Crippen LogP) is 5.05. The van der Waals surface area contributed by atoms with Crippen LogP contribution in [0, 0.1) is 6.92 Å². The molecule has 7 heteroatoms. The van der Waals surface area contributed by atoms with Gasteiger partial charge in [0.1, 0.15) is 18.0 Å². The normalized spacial score (nSPS) is 11.5.